The lowest BCUT2D eigenvalue weighted by Gasteiger charge is -2.11. The Morgan fingerprint density at radius 1 is 1.20 bits per heavy atom. The SMILES string of the molecule is Cc1c(N)nc(C(C)C)nc1Oc1cnn(C(C)C)c1. The lowest BCUT2D eigenvalue weighted by Crippen LogP contribution is -2.06. The summed E-state index contributed by atoms with van der Waals surface area (Å²) < 4.78 is 7.63. The summed E-state index contributed by atoms with van der Waals surface area (Å²) in [5.74, 6) is 2.46. The lowest BCUT2D eigenvalue weighted by molar-refractivity contribution is 0.450. The van der Waals surface area contributed by atoms with Crippen molar-refractivity contribution >= 4 is 5.82 Å². The number of nitrogens with zero attached hydrogens (tertiary/aromatic N) is 4. The fourth-order valence-electron chi connectivity index (χ4n) is 1.65. The summed E-state index contributed by atoms with van der Waals surface area (Å²) in [5.41, 5.74) is 6.66. The summed E-state index contributed by atoms with van der Waals surface area (Å²) in [4.78, 5) is 8.71. The van der Waals surface area contributed by atoms with Crippen LogP contribution < -0.4 is 10.5 Å². The highest BCUT2D eigenvalue weighted by Crippen LogP contribution is 2.27. The van der Waals surface area contributed by atoms with Crippen molar-refractivity contribution in [2.24, 2.45) is 0 Å². The van der Waals surface area contributed by atoms with E-state index in [1.807, 2.05) is 31.6 Å². The third-order valence-corrected chi connectivity index (χ3v) is 2.99. The highest BCUT2D eigenvalue weighted by molar-refractivity contribution is 5.45. The fraction of sp³-hybridized carbons (Fsp3) is 0.500. The van der Waals surface area contributed by atoms with E-state index < -0.39 is 0 Å². The number of ether oxygens (including phenoxy) is 1. The van der Waals surface area contributed by atoms with Crippen LogP contribution in [0, 0.1) is 6.92 Å². The summed E-state index contributed by atoms with van der Waals surface area (Å²) in [6.07, 6.45) is 3.52. The molecule has 0 saturated heterocycles. The van der Waals surface area contributed by atoms with E-state index in [4.69, 9.17) is 10.5 Å². The standard InChI is InChI=1S/C14H21N5O/c1-8(2)13-17-12(15)10(5)14(18-13)20-11-6-16-19(7-11)9(3)4/h6-9H,1-5H3,(H2,15,17,18). The lowest BCUT2D eigenvalue weighted by atomic mass is 10.2. The van der Waals surface area contributed by atoms with E-state index >= 15 is 0 Å². The number of aromatic nitrogens is 4. The monoisotopic (exact) mass is 275 g/mol. The van der Waals surface area contributed by atoms with Crippen molar-refractivity contribution < 1.29 is 4.74 Å². The van der Waals surface area contributed by atoms with Crippen LogP contribution in [-0.4, -0.2) is 19.7 Å². The van der Waals surface area contributed by atoms with Crippen LogP contribution in [0.4, 0.5) is 5.82 Å². The molecule has 2 aromatic heterocycles. The van der Waals surface area contributed by atoms with Gasteiger partial charge >= 0.3 is 0 Å². The molecule has 0 fully saturated rings. The number of rotatable bonds is 4. The van der Waals surface area contributed by atoms with Gasteiger partial charge in [-0.3, -0.25) is 4.68 Å². The van der Waals surface area contributed by atoms with Crippen LogP contribution >= 0.6 is 0 Å². The third kappa shape index (κ3) is 2.89. The average Bonchev–Trinajstić information content (AvgIpc) is 2.83. The molecular weight excluding hydrogens is 254 g/mol. The Hall–Kier alpha value is -2.11. The molecule has 0 unspecified atom stereocenters. The first-order valence-electron chi connectivity index (χ1n) is 6.74. The van der Waals surface area contributed by atoms with Crippen LogP contribution in [0.5, 0.6) is 11.6 Å². The molecule has 6 nitrogen and oxygen atoms in total. The van der Waals surface area contributed by atoms with Crippen molar-refractivity contribution in [3.8, 4) is 11.6 Å². The van der Waals surface area contributed by atoms with Gasteiger partial charge in [0.15, 0.2) is 5.75 Å². The molecule has 0 aromatic carbocycles. The fourth-order valence-corrected chi connectivity index (χ4v) is 1.65. The van der Waals surface area contributed by atoms with Gasteiger partial charge in [0.25, 0.3) is 0 Å². The minimum atomic E-state index is 0.193. The Morgan fingerprint density at radius 3 is 2.45 bits per heavy atom. The number of nitrogen functional groups attached to an aromatic ring is 1. The Kier molecular flexibility index (Phi) is 3.92. The van der Waals surface area contributed by atoms with Gasteiger partial charge < -0.3 is 10.5 Å². The van der Waals surface area contributed by atoms with E-state index in [1.165, 1.54) is 0 Å². The second-order valence-corrected chi connectivity index (χ2v) is 5.40. The van der Waals surface area contributed by atoms with E-state index in [-0.39, 0.29) is 12.0 Å². The molecule has 0 saturated carbocycles. The number of nitrogens with two attached hydrogens (primary N) is 1. The first-order chi connectivity index (χ1) is 9.38. The predicted molar refractivity (Wildman–Crippen MR) is 78.0 cm³/mol. The van der Waals surface area contributed by atoms with E-state index in [1.54, 1.807) is 6.20 Å². The van der Waals surface area contributed by atoms with E-state index in [2.05, 4.69) is 28.9 Å². The maximum atomic E-state index is 5.91. The molecule has 0 spiro atoms. The van der Waals surface area contributed by atoms with Crippen molar-refractivity contribution in [2.45, 2.75) is 46.6 Å². The van der Waals surface area contributed by atoms with Crippen LogP contribution in [-0.2, 0) is 0 Å². The Morgan fingerprint density at radius 2 is 1.90 bits per heavy atom. The number of hydrogen-bond donors (Lipinski definition) is 1. The first-order valence-corrected chi connectivity index (χ1v) is 6.74. The molecule has 0 atom stereocenters. The Balaban J connectivity index is 2.32. The van der Waals surface area contributed by atoms with Crippen molar-refractivity contribution in [3.05, 3.63) is 23.8 Å². The van der Waals surface area contributed by atoms with Crippen LogP contribution in [0.3, 0.4) is 0 Å². The highest BCUT2D eigenvalue weighted by atomic mass is 16.5. The minimum absolute atomic E-state index is 0.193. The molecule has 108 valence electrons. The summed E-state index contributed by atoms with van der Waals surface area (Å²) in [5, 5.41) is 4.24. The van der Waals surface area contributed by atoms with Crippen molar-refractivity contribution in [1.29, 1.82) is 0 Å². The molecule has 2 rings (SSSR count). The summed E-state index contributed by atoms with van der Waals surface area (Å²) in [6, 6.07) is 0.287. The molecule has 2 heterocycles. The second kappa shape index (κ2) is 5.48. The van der Waals surface area contributed by atoms with Crippen molar-refractivity contribution in [1.82, 2.24) is 19.7 Å². The van der Waals surface area contributed by atoms with E-state index in [9.17, 15) is 0 Å². The van der Waals surface area contributed by atoms with Gasteiger partial charge in [-0.05, 0) is 20.8 Å². The normalized spacial score (nSPS) is 11.3. The average molecular weight is 275 g/mol. The zero-order valence-electron chi connectivity index (χ0n) is 12.6. The predicted octanol–water partition coefficient (Wildman–Crippen LogP) is 3.06. The molecule has 0 bridgehead atoms. The second-order valence-electron chi connectivity index (χ2n) is 5.40. The highest BCUT2D eigenvalue weighted by Gasteiger charge is 2.14. The Bertz CT molecular complexity index is 604. The maximum absolute atomic E-state index is 5.91. The smallest absolute Gasteiger partial charge is 0.227 e. The van der Waals surface area contributed by atoms with Gasteiger partial charge in [0, 0.05) is 12.0 Å². The van der Waals surface area contributed by atoms with Crippen molar-refractivity contribution in [2.75, 3.05) is 5.73 Å². The van der Waals surface area contributed by atoms with Crippen LogP contribution in [0.2, 0.25) is 0 Å². The zero-order valence-corrected chi connectivity index (χ0v) is 12.6. The summed E-state index contributed by atoms with van der Waals surface area (Å²) in [7, 11) is 0. The molecule has 0 amide bonds. The molecule has 0 aliphatic carbocycles. The molecule has 0 aliphatic rings. The molecule has 2 N–H and O–H groups in total. The topological polar surface area (TPSA) is 78.8 Å². The molecule has 0 radical (unpaired) electrons. The quantitative estimate of drug-likeness (QED) is 0.927. The van der Waals surface area contributed by atoms with Gasteiger partial charge in [0.1, 0.15) is 11.6 Å². The van der Waals surface area contributed by atoms with Crippen LogP contribution in [0.1, 0.15) is 51.0 Å². The summed E-state index contributed by atoms with van der Waals surface area (Å²) in [6.45, 7) is 10.0. The number of anilines is 1. The summed E-state index contributed by atoms with van der Waals surface area (Å²) >= 11 is 0. The van der Waals surface area contributed by atoms with Gasteiger partial charge in [-0.25, -0.2) is 4.98 Å². The minimum Gasteiger partial charge on any atom is -0.435 e. The maximum Gasteiger partial charge on any atom is 0.227 e. The van der Waals surface area contributed by atoms with Gasteiger partial charge in [0.2, 0.25) is 5.88 Å². The molecule has 6 heteroatoms. The first kappa shape index (κ1) is 14.3. The zero-order chi connectivity index (χ0) is 14.9. The third-order valence-electron chi connectivity index (χ3n) is 2.99. The Labute approximate surface area is 119 Å². The van der Waals surface area contributed by atoms with Gasteiger partial charge in [-0.15, -0.1) is 0 Å². The van der Waals surface area contributed by atoms with Gasteiger partial charge in [0.05, 0.1) is 18.0 Å². The van der Waals surface area contributed by atoms with Crippen LogP contribution in [0.25, 0.3) is 0 Å². The van der Waals surface area contributed by atoms with E-state index in [0.717, 1.165) is 5.56 Å². The van der Waals surface area contributed by atoms with Gasteiger partial charge in [-0.2, -0.15) is 10.1 Å². The van der Waals surface area contributed by atoms with E-state index in [0.29, 0.717) is 23.3 Å². The van der Waals surface area contributed by atoms with Gasteiger partial charge in [-0.1, -0.05) is 13.8 Å². The molecule has 2 aromatic rings. The molecular formula is C14H21N5O. The largest absolute Gasteiger partial charge is 0.435 e. The molecule has 20 heavy (non-hydrogen) atoms. The van der Waals surface area contributed by atoms with Crippen LogP contribution in [0.15, 0.2) is 12.4 Å². The van der Waals surface area contributed by atoms with Crippen molar-refractivity contribution in [3.63, 3.8) is 0 Å². The number of hydrogen-bond acceptors (Lipinski definition) is 5. The molecule has 0 aliphatic heterocycles.